The predicted molar refractivity (Wildman–Crippen MR) is 117 cm³/mol. The minimum absolute atomic E-state index is 0.0596. The fourth-order valence-electron chi connectivity index (χ4n) is 3.48. The molecule has 2 aromatic rings. The molecule has 4 nitrogen and oxygen atoms in total. The van der Waals surface area contributed by atoms with Crippen molar-refractivity contribution < 1.29 is 14.3 Å². The summed E-state index contributed by atoms with van der Waals surface area (Å²) in [5.41, 5.74) is 2.76. The molecule has 1 aliphatic rings. The maximum absolute atomic E-state index is 13.0. The van der Waals surface area contributed by atoms with Crippen molar-refractivity contribution in [2.45, 2.75) is 25.8 Å². The van der Waals surface area contributed by atoms with Gasteiger partial charge in [0, 0.05) is 27.5 Å². The summed E-state index contributed by atoms with van der Waals surface area (Å²) < 4.78 is 6.30. The van der Waals surface area contributed by atoms with Crippen LogP contribution in [0.15, 0.2) is 76.9 Å². The Labute approximate surface area is 183 Å². The van der Waals surface area contributed by atoms with Crippen molar-refractivity contribution in [3.8, 4) is 0 Å². The zero-order valence-corrected chi connectivity index (χ0v) is 18.4. The van der Waals surface area contributed by atoms with E-state index in [1.165, 1.54) is 6.08 Å². The van der Waals surface area contributed by atoms with Gasteiger partial charge in [0.15, 0.2) is 0 Å². The molecule has 29 heavy (non-hydrogen) atoms. The number of ether oxygens (including phenoxy) is 1. The minimum Gasteiger partial charge on any atom is -0.458 e. The van der Waals surface area contributed by atoms with E-state index in [0.29, 0.717) is 22.8 Å². The Morgan fingerprint density at radius 2 is 1.97 bits per heavy atom. The van der Waals surface area contributed by atoms with Gasteiger partial charge in [0.1, 0.15) is 6.61 Å². The quantitative estimate of drug-likeness (QED) is 0.403. The van der Waals surface area contributed by atoms with Crippen LogP contribution in [-0.4, -0.2) is 23.4 Å². The van der Waals surface area contributed by atoms with E-state index in [9.17, 15) is 9.59 Å². The van der Waals surface area contributed by atoms with Crippen LogP contribution in [0.1, 0.15) is 30.4 Å². The van der Waals surface area contributed by atoms with Crippen LogP contribution in [0.4, 0.5) is 0 Å². The average Bonchev–Trinajstić information content (AvgIpc) is 2.70. The third kappa shape index (κ3) is 4.80. The molecule has 0 saturated carbocycles. The lowest BCUT2D eigenvalue weighted by Crippen LogP contribution is -2.38. The molecule has 6 heteroatoms. The largest absolute Gasteiger partial charge is 0.458 e. The van der Waals surface area contributed by atoms with Gasteiger partial charge in [-0.1, -0.05) is 70.5 Å². The Morgan fingerprint density at radius 1 is 1.28 bits per heavy atom. The second-order valence-corrected chi connectivity index (χ2v) is 8.09. The molecule has 0 aliphatic carbocycles. The molecule has 0 fully saturated rings. The van der Waals surface area contributed by atoms with Gasteiger partial charge in [-0.2, -0.15) is 0 Å². The van der Waals surface area contributed by atoms with Gasteiger partial charge in [-0.15, -0.1) is 0 Å². The average molecular weight is 475 g/mol. The van der Waals surface area contributed by atoms with E-state index in [1.54, 1.807) is 17.9 Å². The molecule has 1 atom stereocenters. The van der Waals surface area contributed by atoms with Crippen molar-refractivity contribution in [3.63, 3.8) is 0 Å². The highest BCUT2D eigenvalue weighted by atomic mass is 79.9. The van der Waals surface area contributed by atoms with Gasteiger partial charge in [0.25, 0.3) is 0 Å². The van der Waals surface area contributed by atoms with Crippen LogP contribution in [0.3, 0.4) is 0 Å². The lowest BCUT2D eigenvalue weighted by molar-refractivity contribution is -0.139. The molecule has 0 aromatic heterocycles. The summed E-state index contributed by atoms with van der Waals surface area (Å²) >= 11 is 9.80. The first kappa shape index (κ1) is 21.3. The topological polar surface area (TPSA) is 46.6 Å². The molecule has 2 aromatic carbocycles. The summed E-state index contributed by atoms with van der Waals surface area (Å²) in [5.74, 6) is -0.967. The highest BCUT2D eigenvalue weighted by Crippen LogP contribution is 2.40. The Morgan fingerprint density at radius 3 is 2.62 bits per heavy atom. The maximum atomic E-state index is 13.0. The summed E-state index contributed by atoms with van der Waals surface area (Å²) in [7, 11) is 0. The summed E-state index contributed by atoms with van der Waals surface area (Å²) in [5, 5.41) is 0.522. The summed E-state index contributed by atoms with van der Waals surface area (Å²) in [6.07, 6.45) is 1.67. The van der Waals surface area contributed by atoms with Gasteiger partial charge in [-0.25, -0.2) is 4.79 Å². The smallest absolute Gasteiger partial charge is 0.336 e. The first-order valence-corrected chi connectivity index (χ1v) is 10.4. The number of hydrogen-bond acceptors (Lipinski definition) is 3. The minimum atomic E-state index is -0.458. The number of rotatable bonds is 6. The number of hydrogen-bond donors (Lipinski definition) is 0. The second kappa shape index (κ2) is 9.42. The Kier molecular flexibility index (Phi) is 6.93. The van der Waals surface area contributed by atoms with Crippen LogP contribution >= 0.6 is 27.5 Å². The van der Waals surface area contributed by atoms with E-state index in [2.05, 4.69) is 22.5 Å². The van der Waals surface area contributed by atoms with E-state index < -0.39 is 11.9 Å². The van der Waals surface area contributed by atoms with Gasteiger partial charge < -0.3 is 9.64 Å². The van der Waals surface area contributed by atoms with Gasteiger partial charge in [0.2, 0.25) is 5.91 Å². The number of carbonyl (C=O) groups is 2. The van der Waals surface area contributed by atoms with E-state index in [-0.39, 0.29) is 18.9 Å². The molecule has 3 rings (SSSR count). The normalized spacial score (nSPS) is 16.7. The Hall–Kier alpha value is -2.37. The van der Waals surface area contributed by atoms with Crippen LogP contribution in [0.5, 0.6) is 0 Å². The van der Waals surface area contributed by atoms with Crippen molar-refractivity contribution in [2.24, 2.45) is 0 Å². The van der Waals surface area contributed by atoms with Crippen molar-refractivity contribution in [1.29, 1.82) is 0 Å². The van der Waals surface area contributed by atoms with Crippen LogP contribution in [-0.2, 0) is 20.9 Å². The number of allylic oxidation sites excluding steroid dienone is 1. The van der Waals surface area contributed by atoms with Gasteiger partial charge >= 0.3 is 5.97 Å². The van der Waals surface area contributed by atoms with E-state index >= 15 is 0 Å². The summed E-state index contributed by atoms with van der Waals surface area (Å²) in [6, 6.07) is 15.0. The van der Waals surface area contributed by atoms with Crippen molar-refractivity contribution in [2.75, 3.05) is 6.61 Å². The zero-order valence-electron chi connectivity index (χ0n) is 16.0. The fraction of sp³-hybridized carbons (Fsp3) is 0.217. The SMILES string of the molecule is C=CCOC(=O)C1=C(C)N(Cc2ccc(Br)cc2)C(=O)C[C@@H]1c1ccccc1Cl. The lowest BCUT2D eigenvalue weighted by Gasteiger charge is -2.34. The summed E-state index contributed by atoms with van der Waals surface area (Å²) in [6.45, 7) is 5.86. The molecule has 0 N–H and O–H groups in total. The molecule has 0 bridgehead atoms. The van der Waals surface area contributed by atoms with E-state index in [4.69, 9.17) is 16.3 Å². The highest BCUT2D eigenvalue weighted by Gasteiger charge is 2.37. The fourth-order valence-corrected chi connectivity index (χ4v) is 4.01. The van der Waals surface area contributed by atoms with Crippen LogP contribution < -0.4 is 0 Å². The molecule has 1 heterocycles. The van der Waals surface area contributed by atoms with Gasteiger partial charge in [-0.3, -0.25) is 4.79 Å². The van der Waals surface area contributed by atoms with Gasteiger partial charge in [0.05, 0.1) is 12.1 Å². The van der Waals surface area contributed by atoms with E-state index in [1.807, 2.05) is 42.5 Å². The molecule has 0 spiro atoms. The zero-order chi connectivity index (χ0) is 21.0. The number of benzene rings is 2. The third-order valence-corrected chi connectivity index (χ3v) is 5.78. The number of esters is 1. The molecular formula is C23H21BrClNO3. The number of halogens is 2. The molecule has 1 aliphatic heterocycles. The number of nitrogens with zero attached hydrogens (tertiary/aromatic N) is 1. The molecule has 0 radical (unpaired) electrons. The first-order valence-electron chi connectivity index (χ1n) is 9.20. The van der Waals surface area contributed by atoms with E-state index in [0.717, 1.165) is 15.6 Å². The molecule has 1 amide bonds. The monoisotopic (exact) mass is 473 g/mol. The maximum Gasteiger partial charge on any atom is 0.336 e. The number of carbonyl (C=O) groups excluding carboxylic acids is 2. The van der Waals surface area contributed by atoms with Crippen LogP contribution in [0.25, 0.3) is 0 Å². The molecular weight excluding hydrogens is 454 g/mol. The third-order valence-electron chi connectivity index (χ3n) is 4.91. The molecule has 150 valence electrons. The Balaban J connectivity index is 2.03. The standard InChI is InChI=1S/C23H21BrClNO3/c1-3-12-29-23(28)22-15(2)26(14-16-8-10-17(24)11-9-16)21(27)13-19(22)18-6-4-5-7-20(18)25/h3-11,19H,1,12-14H2,2H3/t19-/m1/s1. The Bertz CT molecular complexity index is 968. The van der Waals surface area contributed by atoms with Crippen molar-refractivity contribution in [1.82, 2.24) is 4.90 Å². The second-order valence-electron chi connectivity index (χ2n) is 6.77. The molecule has 0 unspecified atom stereocenters. The molecule has 0 saturated heterocycles. The first-order chi connectivity index (χ1) is 13.9. The van der Waals surface area contributed by atoms with Crippen LogP contribution in [0.2, 0.25) is 5.02 Å². The lowest BCUT2D eigenvalue weighted by atomic mass is 9.83. The van der Waals surface area contributed by atoms with Gasteiger partial charge in [-0.05, 0) is 36.2 Å². The summed E-state index contributed by atoms with van der Waals surface area (Å²) in [4.78, 5) is 27.6. The van der Waals surface area contributed by atoms with Crippen molar-refractivity contribution >= 4 is 39.4 Å². The van der Waals surface area contributed by atoms with Crippen molar-refractivity contribution in [3.05, 3.63) is 93.1 Å². The predicted octanol–water partition coefficient (Wildman–Crippen LogP) is 5.62. The van der Waals surface area contributed by atoms with Crippen LogP contribution in [0, 0.1) is 0 Å². The number of amides is 1. The highest BCUT2D eigenvalue weighted by molar-refractivity contribution is 9.10.